The van der Waals surface area contributed by atoms with Gasteiger partial charge in [0.2, 0.25) is 0 Å². The number of urea groups is 1. The fraction of sp³-hybridized carbons (Fsp3) is 0.667. The van der Waals surface area contributed by atoms with Gasteiger partial charge in [-0.1, -0.05) is 45.0 Å². The predicted molar refractivity (Wildman–Crippen MR) is 113 cm³/mol. The van der Waals surface area contributed by atoms with E-state index in [9.17, 15) is 9.59 Å². The van der Waals surface area contributed by atoms with Crippen LogP contribution in [-0.4, -0.2) is 54.1 Å². The summed E-state index contributed by atoms with van der Waals surface area (Å²) in [6.45, 7) is 11.2. The number of fused-ring (bicyclic) bond motifs is 4. The van der Waals surface area contributed by atoms with Crippen molar-refractivity contribution in [2.24, 2.45) is 11.3 Å². The third kappa shape index (κ3) is 3.13. The van der Waals surface area contributed by atoms with Crippen molar-refractivity contribution < 1.29 is 14.3 Å². The SMILES string of the molecule is CCOC(=O)[C@H]1CCCN(C(=O)N2CC[C@@]3(C)c4ccccc4C[C@@H]2C3(C)C)C1. The highest BCUT2D eigenvalue weighted by atomic mass is 16.5. The third-order valence-electron chi connectivity index (χ3n) is 8.07. The number of amides is 2. The van der Waals surface area contributed by atoms with Crippen LogP contribution in [0.3, 0.4) is 0 Å². The van der Waals surface area contributed by atoms with Crippen LogP contribution in [0.25, 0.3) is 0 Å². The summed E-state index contributed by atoms with van der Waals surface area (Å²) >= 11 is 0. The molecule has 2 aliphatic heterocycles. The van der Waals surface area contributed by atoms with E-state index in [-0.39, 0.29) is 34.8 Å². The molecule has 0 spiro atoms. The summed E-state index contributed by atoms with van der Waals surface area (Å²) in [6.07, 6.45) is 3.54. The Morgan fingerprint density at radius 2 is 1.93 bits per heavy atom. The fourth-order valence-corrected chi connectivity index (χ4v) is 5.89. The van der Waals surface area contributed by atoms with Crippen molar-refractivity contribution in [1.29, 1.82) is 0 Å². The normalized spacial score (nSPS) is 30.5. The van der Waals surface area contributed by atoms with Gasteiger partial charge in [-0.25, -0.2) is 4.79 Å². The van der Waals surface area contributed by atoms with Gasteiger partial charge in [-0.2, -0.15) is 0 Å². The second-order valence-corrected chi connectivity index (χ2v) is 9.69. The van der Waals surface area contributed by atoms with E-state index in [4.69, 9.17) is 4.74 Å². The summed E-state index contributed by atoms with van der Waals surface area (Å²) in [6, 6.07) is 9.02. The van der Waals surface area contributed by atoms with Crippen molar-refractivity contribution in [3.05, 3.63) is 35.4 Å². The van der Waals surface area contributed by atoms with Crippen molar-refractivity contribution >= 4 is 12.0 Å². The van der Waals surface area contributed by atoms with E-state index in [1.165, 1.54) is 11.1 Å². The van der Waals surface area contributed by atoms with E-state index >= 15 is 0 Å². The van der Waals surface area contributed by atoms with Crippen molar-refractivity contribution in [1.82, 2.24) is 9.80 Å². The Morgan fingerprint density at radius 1 is 1.17 bits per heavy atom. The second kappa shape index (κ2) is 7.33. The second-order valence-electron chi connectivity index (χ2n) is 9.69. The molecule has 0 N–H and O–H groups in total. The highest BCUT2D eigenvalue weighted by Gasteiger charge is 2.57. The Hall–Kier alpha value is -2.04. The number of hydrogen-bond donors (Lipinski definition) is 0. The maximum atomic E-state index is 13.6. The summed E-state index contributed by atoms with van der Waals surface area (Å²) in [4.78, 5) is 29.8. The summed E-state index contributed by atoms with van der Waals surface area (Å²) in [5.74, 6) is -0.356. The molecule has 0 unspecified atom stereocenters. The van der Waals surface area contributed by atoms with Gasteiger partial charge < -0.3 is 14.5 Å². The number of nitrogens with zero attached hydrogens (tertiary/aromatic N) is 2. The van der Waals surface area contributed by atoms with E-state index in [2.05, 4.69) is 49.9 Å². The summed E-state index contributed by atoms with van der Waals surface area (Å²) in [5.41, 5.74) is 2.89. The largest absolute Gasteiger partial charge is 0.466 e. The fourth-order valence-electron chi connectivity index (χ4n) is 5.89. The molecular formula is C24H34N2O3. The Bertz CT molecular complexity index is 805. The van der Waals surface area contributed by atoms with E-state index in [1.54, 1.807) is 0 Å². The predicted octanol–water partition coefficient (Wildman–Crippen LogP) is 4.00. The van der Waals surface area contributed by atoms with Gasteiger partial charge in [-0.15, -0.1) is 0 Å². The zero-order chi connectivity index (χ0) is 20.8. The standard InChI is InChI=1S/C24H34N2O3/c1-5-29-21(27)18-10-8-13-25(16-18)22(28)26-14-12-24(4)19-11-7-6-9-17(19)15-20(26)23(24,2)3/h6-7,9,11,18,20H,5,8,10,12-16H2,1-4H3/t18-,20+,24-/m0/s1. The Labute approximate surface area is 174 Å². The van der Waals surface area contributed by atoms with E-state index < -0.39 is 0 Å². The minimum atomic E-state index is -0.192. The molecule has 3 atom stereocenters. The lowest BCUT2D eigenvalue weighted by Crippen LogP contribution is -2.66. The Balaban J connectivity index is 1.58. The molecule has 2 bridgehead atoms. The van der Waals surface area contributed by atoms with Gasteiger partial charge in [-0.05, 0) is 49.1 Å². The number of carbonyl (C=O) groups excluding carboxylic acids is 2. The summed E-state index contributed by atoms with van der Waals surface area (Å²) in [7, 11) is 0. The first-order chi connectivity index (χ1) is 13.8. The van der Waals surface area contributed by atoms with Gasteiger partial charge in [0.05, 0.1) is 12.5 Å². The molecule has 29 heavy (non-hydrogen) atoms. The minimum absolute atomic E-state index is 0.00834. The number of rotatable bonds is 2. The maximum Gasteiger partial charge on any atom is 0.320 e. The van der Waals surface area contributed by atoms with Crippen molar-refractivity contribution in [2.45, 2.75) is 64.8 Å². The van der Waals surface area contributed by atoms with Crippen LogP contribution in [0.4, 0.5) is 4.79 Å². The van der Waals surface area contributed by atoms with Crippen LogP contribution >= 0.6 is 0 Å². The molecule has 4 rings (SSSR count). The highest BCUT2D eigenvalue weighted by molar-refractivity contribution is 5.78. The number of esters is 1. The first-order valence-corrected chi connectivity index (χ1v) is 11.1. The first-order valence-electron chi connectivity index (χ1n) is 11.1. The average molecular weight is 399 g/mol. The number of hydrogen-bond acceptors (Lipinski definition) is 3. The van der Waals surface area contributed by atoms with Crippen LogP contribution in [-0.2, 0) is 21.4 Å². The van der Waals surface area contributed by atoms with E-state index in [1.807, 2.05) is 11.8 Å². The molecule has 2 heterocycles. The van der Waals surface area contributed by atoms with Crippen LogP contribution in [0.2, 0.25) is 0 Å². The van der Waals surface area contributed by atoms with Crippen LogP contribution in [0.15, 0.2) is 24.3 Å². The zero-order valence-corrected chi connectivity index (χ0v) is 18.2. The molecule has 3 aliphatic rings. The number of carbonyl (C=O) groups is 2. The molecule has 2 fully saturated rings. The van der Waals surface area contributed by atoms with Crippen molar-refractivity contribution in [3.8, 4) is 0 Å². The molecular weight excluding hydrogens is 364 g/mol. The molecule has 5 heteroatoms. The van der Waals surface area contributed by atoms with Crippen LogP contribution in [0, 0.1) is 11.3 Å². The Morgan fingerprint density at radius 3 is 2.69 bits per heavy atom. The van der Waals surface area contributed by atoms with Crippen LogP contribution < -0.4 is 0 Å². The van der Waals surface area contributed by atoms with Crippen LogP contribution in [0.5, 0.6) is 0 Å². The van der Waals surface area contributed by atoms with E-state index in [0.717, 1.165) is 38.8 Å². The van der Waals surface area contributed by atoms with Crippen molar-refractivity contribution in [2.75, 3.05) is 26.2 Å². The molecule has 5 nitrogen and oxygen atoms in total. The molecule has 0 aromatic heterocycles. The topological polar surface area (TPSA) is 49.9 Å². The van der Waals surface area contributed by atoms with Gasteiger partial charge in [0.25, 0.3) is 0 Å². The number of benzene rings is 1. The van der Waals surface area contributed by atoms with Gasteiger partial charge in [-0.3, -0.25) is 4.79 Å². The average Bonchev–Trinajstić information content (AvgIpc) is 2.70. The Kier molecular flexibility index (Phi) is 5.12. The molecule has 2 amide bonds. The molecule has 1 aromatic rings. The summed E-state index contributed by atoms with van der Waals surface area (Å²) in [5, 5.41) is 0. The number of piperidine rings is 2. The van der Waals surface area contributed by atoms with E-state index in [0.29, 0.717) is 13.2 Å². The minimum Gasteiger partial charge on any atom is -0.466 e. The highest BCUT2D eigenvalue weighted by Crippen LogP contribution is 2.56. The molecule has 0 saturated carbocycles. The zero-order valence-electron chi connectivity index (χ0n) is 18.2. The monoisotopic (exact) mass is 398 g/mol. The molecule has 158 valence electrons. The smallest absolute Gasteiger partial charge is 0.320 e. The van der Waals surface area contributed by atoms with Gasteiger partial charge >= 0.3 is 12.0 Å². The van der Waals surface area contributed by atoms with Gasteiger partial charge in [0, 0.05) is 31.1 Å². The summed E-state index contributed by atoms with van der Waals surface area (Å²) < 4.78 is 5.22. The van der Waals surface area contributed by atoms with Crippen LogP contribution in [0.1, 0.15) is 58.1 Å². The molecule has 0 radical (unpaired) electrons. The van der Waals surface area contributed by atoms with Crippen molar-refractivity contribution in [3.63, 3.8) is 0 Å². The quantitative estimate of drug-likeness (QED) is 0.708. The molecule has 1 aliphatic carbocycles. The number of ether oxygens (including phenoxy) is 1. The lowest BCUT2D eigenvalue weighted by Gasteiger charge is -2.61. The maximum absolute atomic E-state index is 13.6. The molecule has 1 aromatic carbocycles. The lowest BCUT2D eigenvalue weighted by molar-refractivity contribution is -0.149. The van der Waals surface area contributed by atoms with Gasteiger partial charge in [0.1, 0.15) is 0 Å². The number of likely N-dealkylation sites (tertiary alicyclic amines) is 2. The third-order valence-corrected chi connectivity index (χ3v) is 8.07. The van der Waals surface area contributed by atoms with Gasteiger partial charge in [0.15, 0.2) is 0 Å². The lowest BCUT2D eigenvalue weighted by atomic mass is 9.51. The molecule has 2 saturated heterocycles. The first kappa shape index (κ1) is 20.2.